The lowest BCUT2D eigenvalue weighted by Crippen LogP contribution is -2.21. The molecule has 25 heavy (non-hydrogen) atoms. The Morgan fingerprint density at radius 2 is 2.12 bits per heavy atom. The van der Waals surface area contributed by atoms with Gasteiger partial charge < -0.3 is 13.6 Å². The lowest BCUT2D eigenvalue weighted by molar-refractivity contribution is -0.145. The number of carbonyl (C=O) groups excluding carboxylic acids is 1. The number of rotatable bonds is 5. The van der Waals surface area contributed by atoms with Gasteiger partial charge in [-0.25, -0.2) is 9.78 Å². The molecule has 0 amide bonds. The Balaban J connectivity index is 1.42. The summed E-state index contributed by atoms with van der Waals surface area (Å²) in [5.41, 5.74) is 1.48. The van der Waals surface area contributed by atoms with Crippen molar-refractivity contribution >= 4 is 28.4 Å². The van der Waals surface area contributed by atoms with Crippen molar-refractivity contribution in [3.8, 4) is 10.8 Å². The number of nitrogens with zero attached hydrogens (tertiary/aromatic N) is 2. The van der Waals surface area contributed by atoms with E-state index in [-0.39, 0.29) is 13.2 Å². The van der Waals surface area contributed by atoms with Crippen LogP contribution >= 0.6 is 11.3 Å². The van der Waals surface area contributed by atoms with Gasteiger partial charge in [0, 0.05) is 0 Å². The summed E-state index contributed by atoms with van der Waals surface area (Å²) < 4.78 is 16.9. The number of fused-ring (bicyclic) bond motifs is 1. The van der Waals surface area contributed by atoms with Crippen LogP contribution in [0.15, 0.2) is 61.7 Å². The van der Waals surface area contributed by atoms with Gasteiger partial charge in [0.15, 0.2) is 5.58 Å². The van der Waals surface area contributed by atoms with Crippen molar-refractivity contribution in [2.75, 3.05) is 0 Å². The van der Waals surface area contributed by atoms with E-state index in [1.807, 2.05) is 17.5 Å². The highest BCUT2D eigenvalue weighted by Gasteiger charge is 2.14. The number of para-hydroxylation sites is 2. The first-order chi connectivity index (χ1) is 12.2. The van der Waals surface area contributed by atoms with E-state index >= 15 is 0 Å². The van der Waals surface area contributed by atoms with E-state index in [2.05, 4.69) is 4.98 Å². The second kappa shape index (κ2) is 6.40. The van der Waals surface area contributed by atoms with E-state index < -0.39 is 11.7 Å². The van der Waals surface area contributed by atoms with Gasteiger partial charge in [-0.3, -0.25) is 9.36 Å². The average Bonchev–Trinajstić information content (AvgIpc) is 3.33. The monoisotopic (exact) mass is 356 g/mol. The number of carbonyl (C=O) groups is 1. The summed E-state index contributed by atoms with van der Waals surface area (Å²) in [6.45, 7) is -0.260. The SMILES string of the molecule is O=C(Cn1c(=O)oc2ccccc21)OCc1coc(-c2cccs2)n1. The maximum absolute atomic E-state index is 12.0. The Morgan fingerprint density at radius 1 is 1.24 bits per heavy atom. The maximum Gasteiger partial charge on any atom is 0.420 e. The molecule has 0 saturated heterocycles. The molecule has 0 aliphatic rings. The lowest BCUT2D eigenvalue weighted by Gasteiger charge is -2.03. The molecule has 4 aromatic rings. The minimum atomic E-state index is -0.598. The minimum Gasteiger partial charge on any atom is -0.458 e. The third kappa shape index (κ3) is 3.11. The first-order valence-corrected chi connectivity index (χ1v) is 8.31. The van der Waals surface area contributed by atoms with Gasteiger partial charge >= 0.3 is 11.7 Å². The van der Waals surface area contributed by atoms with Crippen LogP contribution in [0.1, 0.15) is 5.69 Å². The van der Waals surface area contributed by atoms with Gasteiger partial charge in [0.1, 0.15) is 25.1 Å². The number of thiophene rings is 1. The van der Waals surface area contributed by atoms with E-state index in [0.29, 0.717) is 22.7 Å². The molecule has 0 unspecified atom stereocenters. The largest absolute Gasteiger partial charge is 0.458 e. The standard InChI is InChI=1S/C17H12N2O5S/c20-15(8-19-12-4-1-2-5-13(12)24-17(19)21)22-9-11-10-23-16(18-11)14-6-3-7-25-14/h1-7,10H,8-9H2. The van der Waals surface area contributed by atoms with E-state index in [1.54, 1.807) is 24.3 Å². The van der Waals surface area contributed by atoms with Gasteiger partial charge in [-0.1, -0.05) is 18.2 Å². The van der Waals surface area contributed by atoms with Gasteiger partial charge in [0.25, 0.3) is 0 Å². The highest BCUT2D eigenvalue weighted by molar-refractivity contribution is 7.13. The highest BCUT2D eigenvalue weighted by Crippen LogP contribution is 2.23. The quantitative estimate of drug-likeness (QED) is 0.511. The summed E-state index contributed by atoms with van der Waals surface area (Å²) in [4.78, 5) is 29.0. The van der Waals surface area contributed by atoms with Crippen molar-refractivity contribution in [2.24, 2.45) is 0 Å². The molecule has 3 aromatic heterocycles. The van der Waals surface area contributed by atoms with Crippen LogP contribution in [0.5, 0.6) is 0 Å². The Kier molecular flexibility index (Phi) is 3.95. The fraction of sp³-hybridized carbons (Fsp3) is 0.118. The van der Waals surface area contributed by atoms with Gasteiger partial charge in [-0.2, -0.15) is 0 Å². The first-order valence-electron chi connectivity index (χ1n) is 7.43. The number of benzene rings is 1. The minimum absolute atomic E-state index is 0.0295. The molecule has 3 heterocycles. The number of esters is 1. The fourth-order valence-electron chi connectivity index (χ4n) is 2.38. The maximum atomic E-state index is 12.0. The van der Waals surface area contributed by atoms with Gasteiger partial charge in [0.05, 0.1) is 10.4 Å². The van der Waals surface area contributed by atoms with E-state index in [4.69, 9.17) is 13.6 Å². The second-order valence-corrected chi connectivity index (χ2v) is 6.15. The van der Waals surface area contributed by atoms with Crippen molar-refractivity contribution in [2.45, 2.75) is 13.2 Å². The summed E-state index contributed by atoms with van der Waals surface area (Å²) >= 11 is 1.51. The van der Waals surface area contributed by atoms with Gasteiger partial charge in [-0.15, -0.1) is 11.3 Å². The highest BCUT2D eigenvalue weighted by atomic mass is 32.1. The van der Waals surface area contributed by atoms with Crippen molar-refractivity contribution in [1.29, 1.82) is 0 Å². The third-order valence-corrected chi connectivity index (χ3v) is 4.38. The summed E-state index contributed by atoms with van der Waals surface area (Å²) in [6.07, 6.45) is 1.45. The smallest absolute Gasteiger partial charge is 0.420 e. The fourth-order valence-corrected chi connectivity index (χ4v) is 3.04. The molecular weight excluding hydrogens is 344 g/mol. The van der Waals surface area contributed by atoms with Crippen LogP contribution in [0.2, 0.25) is 0 Å². The first kappa shape index (κ1) is 15.4. The number of aromatic nitrogens is 2. The van der Waals surface area contributed by atoms with Crippen LogP contribution in [0, 0.1) is 0 Å². The Bertz CT molecular complexity index is 1070. The molecule has 0 fully saturated rings. The molecule has 0 aliphatic heterocycles. The summed E-state index contributed by atoms with van der Waals surface area (Å²) in [6, 6.07) is 10.7. The van der Waals surface area contributed by atoms with E-state index in [1.165, 1.54) is 22.2 Å². The van der Waals surface area contributed by atoms with Crippen LogP contribution in [0.4, 0.5) is 0 Å². The predicted octanol–water partition coefficient (Wildman–Crippen LogP) is 3.05. The molecule has 0 spiro atoms. The van der Waals surface area contributed by atoms with Crippen LogP contribution in [-0.2, 0) is 22.7 Å². The number of oxazole rings is 2. The zero-order valence-corrected chi connectivity index (χ0v) is 13.7. The van der Waals surface area contributed by atoms with E-state index in [9.17, 15) is 9.59 Å². The molecule has 1 aromatic carbocycles. The molecule has 0 radical (unpaired) electrons. The van der Waals surface area contributed by atoms with E-state index in [0.717, 1.165) is 4.88 Å². The predicted molar refractivity (Wildman–Crippen MR) is 90.1 cm³/mol. The molecule has 7 nitrogen and oxygen atoms in total. The molecule has 0 atom stereocenters. The van der Waals surface area contributed by atoms with Crippen LogP contribution < -0.4 is 5.76 Å². The van der Waals surface area contributed by atoms with Crippen LogP contribution in [0.25, 0.3) is 21.9 Å². The Labute approximate surface area is 145 Å². The molecule has 0 saturated carbocycles. The number of ether oxygens (including phenoxy) is 1. The molecule has 0 N–H and O–H groups in total. The van der Waals surface area contributed by atoms with Crippen molar-refractivity contribution < 1.29 is 18.4 Å². The molecule has 8 heteroatoms. The normalized spacial score (nSPS) is 11.0. The molecule has 0 aliphatic carbocycles. The average molecular weight is 356 g/mol. The van der Waals surface area contributed by atoms with Crippen molar-refractivity contribution in [1.82, 2.24) is 9.55 Å². The Hall–Kier alpha value is -3.13. The molecule has 126 valence electrons. The molecule has 4 rings (SSSR count). The summed E-state index contributed by atoms with van der Waals surface area (Å²) in [7, 11) is 0. The number of hydrogen-bond donors (Lipinski definition) is 0. The van der Waals surface area contributed by atoms with Crippen LogP contribution in [-0.4, -0.2) is 15.5 Å². The third-order valence-electron chi connectivity index (χ3n) is 3.53. The number of hydrogen-bond acceptors (Lipinski definition) is 7. The topological polar surface area (TPSA) is 87.5 Å². The summed E-state index contributed by atoms with van der Waals surface area (Å²) in [5.74, 6) is -0.674. The molecular formula is C17H12N2O5S. The van der Waals surface area contributed by atoms with Crippen molar-refractivity contribution in [3.63, 3.8) is 0 Å². The zero-order chi connectivity index (χ0) is 17.2. The zero-order valence-electron chi connectivity index (χ0n) is 12.9. The van der Waals surface area contributed by atoms with Gasteiger partial charge in [-0.05, 0) is 23.6 Å². The van der Waals surface area contributed by atoms with Crippen molar-refractivity contribution in [3.05, 3.63) is 64.3 Å². The second-order valence-electron chi connectivity index (χ2n) is 5.20. The molecule has 0 bridgehead atoms. The van der Waals surface area contributed by atoms with Gasteiger partial charge in [0.2, 0.25) is 5.89 Å². The van der Waals surface area contributed by atoms with Crippen LogP contribution in [0.3, 0.4) is 0 Å². The summed E-state index contributed by atoms with van der Waals surface area (Å²) in [5, 5.41) is 1.92. The Morgan fingerprint density at radius 3 is 2.96 bits per heavy atom. The lowest BCUT2D eigenvalue weighted by atomic mass is 10.3.